The molecule has 7 heteroatoms. The molecule has 0 saturated carbocycles. The summed E-state index contributed by atoms with van der Waals surface area (Å²) in [6.45, 7) is 7.88. The number of hydrogen-bond donors (Lipinski definition) is 0. The van der Waals surface area contributed by atoms with Gasteiger partial charge in [0.1, 0.15) is 6.33 Å². The van der Waals surface area contributed by atoms with E-state index in [2.05, 4.69) is 36.6 Å². The van der Waals surface area contributed by atoms with Crippen LogP contribution in [0.25, 0.3) is 0 Å². The second kappa shape index (κ2) is 9.07. The Balaban J connectivity index is 1.38. The number of nitrogens with zero attached hydrogens (tertiary/aromatic N) is 6. The van der Waals surface area contributed by atoms with Gasteiger partial charge in [0.05, 0.1) is 11.9 Å². The first-order valence-corrected chi connectivity index (χ1v) is 11.0. The van der Waals surface area contributed by atoms with Crippen LogP contribution in [0.2, 0.25) is 0 Å². The van der Waals surface area contributed by atoms with Gasteiger partial charge in [-0.1, -0.05) is 12.8 Å². The van der Waals surface area contributed by atoms with Crippen LogP contribution in [0.5, 0.6) is 0 Å². The van der Waals surface area contributed by atoms with Crippen molar-refractivity contribution >= 4 is 17.4 Å². The number of anilines is 2. The van der Waals surface area contributed by atoms with Gasteiger partial charge >= 0.3 is 0 Å². The molecule has 3 aliphatic heterocycles. The molecule has 3 aliphatic rings. The van der Waals surface area contributed by atoms with Crippen molar-refractivity contribution in [1.29, 1.82) is 0 Å². The van der Waals surface area contributed by atoms with Crippen molar-refractivity contribution in [2.24, 2.45) is 5.92 Å². The Morgan fingerprint density at radius 3 is 2.25 bits per heavy atom. The zero-order valence-corrected chi connectivity index (χ0v) is 17.2. The summed E-state index contributed by atoms with van der Waals surface area (Å²) in [5.74, 6) is 1.64. The molecule has 0 aromatic carbocycles. The van der Waals surface area contributed by atoms with Gasteiger partial charge in [-0.2, -0.15) is 0 Å². The van der Waals surface area contributed by atoms with Gasteiger partial charge in [-0.25, -0.2) is 9.97 Å². The van der Waals surface area contributed by atoms with Crippen molar-refractivity contribution in [2.75, 3.05) is 69.2 Å². The molecular formula is C21H34N6O. The molecule has 0 N–H and O–H groups in total. The largest absolute Gasteiger partial charge is 0.367 e. The average molecular weight is 387 g/mol. The number of hydrogen-bond acceptors (Lipinski definition) is 6. The Labute approximate surface area is 168 Å². The van der Waals surface area contributed by atoms with Gasteiger partial charge in [-0.3, -0.25) is 4.79 Å². The molecule has 1 aromatic heterocycles. The highest BCUT2D eigenvalue weighted by molar-refractivity contribution is 5.79. The second-order valence-corrected chi connectivity index (χ2v) is 8.52. The summed E-state index contributed by atoms with van der Waals surface area (Å²) in [5.41, 5.74) is 1.13. The lowest BCUT2D eigenvalue weighted by Crippen LogP contribution is -2.46. The Kier molecular flexibility index (Phi) is 6.29. The summed E-state index contributed by atoms with van der Waals surface area (Å²) in [6.07, 6.45) is 10.4. The fraction of sp³-hybridized carbons (Fsp3) is 0.762. The van der Waals surface area contributed by atoms with Gasteiger partial charge < -0.3 is 19.6 Å². The third-order valence-electron chi connectivity index (χ3n) is 6.58. The molecule has 0 aliphatic carbocycles. The minimum absolute atomic E-state index is 0.186. The zero-order chi connectivity index (χ0) is 19.3. The highest BCUT2D eigenvalue weighted by Crippen LogP contribution is 2.31. The first-order chi connectivity index (χ1) is 13.7. The molecule has 0 unspecified atom stereocenters. The maximum Gasteiger partial charge on any atom is 0.225 e. The highest BCUT2D eigenvalue weighted by atomic mass is 16.2. The van der Waals surface area contributed by atoms with Crippen molar-refractivity contribution < 1.29 is 4.79 Å². The SMILES string of the molecule is CN1CCN(c2ncncc2N2CCC(C(=O)N3CCCCCC3)CC2)CC1. The van der Waals surface area contributed by atoms with Crippen LogP contribution in [-0.4, -0.2) is 85.1 Å². The van der Waals surface area contributed by atoms with Crippen LogP contribution in [0, 0.1) is 5.92 Å². The molecule has 0 bridgehead atoms. The van der Waals surface area contributed by atoms with Crippen LogP contribution < -0.4 is 9.80 Å². The van der Waals surface area contributed by atoms with Crippen molar-refractivity contribution in [2.45, 2.75) is 38.5 Å². The normalized spacial score (nSPS) is 23.0. The smallest absolute Gasteiger partial charge is 0.225 e. The average Bonchev–Trinajstić information content (AvgIpc) is 3.04. The Bertz CT molecular complexity index is 644. The number of carbonyl (C=O) groups is 1. The minimum atomic E-state index is 0.186. The number of piperidine rings is 1. The molecule has 3 saturated heterocycles. The fourth-order valence-corrected chi connectivity index (χ4v) is 4.72. The summed E-state index contributed by atoms with van der Waals surface area (Å²) in [6, 6.07) is 0. The molecular weight excluding hydrogens is 352 g/mol. The van der Waals surface area contributed by atoms with Crippen molar-refractivity contribution in [1.82, 2.24) is 19.8 Å². The molecule has 154 valence electrons. The van der Waals surface area contributed by atoms with Crippen LogP contribution in [0.15, 0.2) is 12.5 Å². The third kappa shape index (κ3) is 4.40. The summed E-state index contributed by atoms with van der Waals surface area (Å²) in [5, 5.41) is 0. The van der Waals surface area contributed by atoms with Gasteiger partial charge in [-0.05, 0) is 32.7 Å². The molecule has 3 fully saturated rings. The third-order valence-corrected chi connectivity index (χ3v) is 6.58. The van der Waals surface area contributed by atoms with Gasteiger partial charge in [0.25, 0.3) is 0 Å². The lowest BCUT2D eigenvalue weighted by molar-refractivity contribution is -0.136. The van der Waals surface area contributed by atoms with Gasteiger partial charge in [0.2, 0.25) is 5.91 Å². The van der Waals surface area contributed by atoms with Crippen molar-refractivity contribution in [3.05, 3.63) is 12.5 Å². The molecule has 4 rings (SSSR count). The first kappa shape index (κ1) is 19.4. The second-order valence-electron chi connectivity index (χ2n) is 8.52. The number of aromatic nitrogens is 2. The molecule has 1 amide bonds. The number of likely N-dealkylation sites (N-methyl/N-ethyl adjacent to an activating group) is 1. The van der Waals surface area contributed by atoms with Crippen LogP contribution in [-0.2, 0) is 4.79 Å². The van der Waals surface area contributed by atoms with Crippen LogP contribution in [0.4, 0.5) is 11.5 Å². The quantitative estimate of drug-likeness (QED) is 0.790. The Morgan fingerprint density at radius 2 is 1.57 bits per heavy atom. The minimum Gasteiger partial charge on any atom is -0.367 e. The summed E-state index contributed by atoms with van der Waals surface area (Å²) < 4.78 is 0. The number of rotatable bonds is 3. The van der Waals surface area contributed by atoms with Crippen molar-refractivity contribution in [3.63, 3.8) is 0 Å². The van der Waals surface area contributed by atoms with E-state index in [1.54, 1.807) is 6.33 Å². The molecule has 28 heavy (non-hydrogen) atoms. The first-order valence-electron chi connectivity index (χ1n) is 11.0. The van der Waals surface area contributed by atoms with Gasteiger partial charge in [0.15, 0.2) is 5.82 Å². The van der Waals surface area contributed by atoms with E-state index in [0.29, 0.717) is 5.91 Å². The molecule has 0 radical (unpaired) electrons. The monoisotopic (exact) mass is 386 g/mol. The summed E-state index contributed by atoms with van der Waals surface area (Å²) in [7, 11) is 2.17. The number of carbonyl (C=O) groups excluding carboxylic acids is 1. The molecule has 0 atom stereocenters. The Morgan fingerprint density at radius 1 is 0.893 bits per heavy atom. The van der Waals surface area contributed by atoms with Crippen LogP contribution >= 0.6 is 0 Å². The van der Waals surface area contributed by atoms with Crippen LogP contribution in [0.3, 0.4) is 0 Å². The molecule has 7 nitrogen and oxygen atoms in total. The number of likely N-dealkylation sites (tertiary alicyclic amines) is 1. The predicted octanol–water partition coefficient (Wildman–Crippen LogP) is 1.85. The van der Waals surface area contributed by atoms with E-state index in [0.717, 1.165) is 76.7 Å². The lowest BCUT2D eigenvalue weighted by Gasteiger charge is -2.38. The topological polar surface area (TPSA) is 55.8 Å². The maximum atomic E-state index is 13.0. The zero-order valence-electron chi connectivity index (χ0n) is 17.2. The number of piperazine rings is 1. The predicted molar refractivity (Wildman–Crippen MR) is 112 cm³/mol. The van der Waals surface area contributed by atoms with Gasteiger partial charge in [-0.15, -0.1) is 0 Å². The highest BCUT2D eigenvalue weighted by Gasteiger charge is 2.30. The van der Waals surface area contributed by atoms with E-state index in [1.165, 1.54) is 25.7 Å². The van der Waals surface area contributed by atoms with E-state index in [4.69, 9.17) is 0 Å². The van der Waals surface area contributed by atoms with E-state index in [9.17, 15) is 4.79 Å². The van der Waals surface area contributed by atoms with Gasteiger partial charge in [0, 0.05) is 58.3 Å². The standard InChI is InChI=1S/C21H34N6O/c1-24-12-14-26(15-13-24)20-19(16-22-17-23-20)25-10-6-18(7-11-25)21(28)27-8-4-2-3-5-9-27/h16-18H,2-15H2,1H3. The van der Waals surface area contributed by atoms with E-state index < -0.39 is 0 Å². The van der Waals surface area contributed by atoms with E-state index >= 15 is 0 Å². The molecule has 4 heterocycles. The molecule has 1 aromatic rings. The molecule has 0 spiro atoms. The maximum absolute atomic E-state index is 13.0. The Hall–Kier alpha value is -1.89. The van der Waals surface area contributed by atoms with E-state index in [-0.39, 0.29) is 5.92 Å². The van der Waals surface area contributed by atoms with E-state index in [1.807, 2.05) is 6.20 Å². The summed E-state index contributed by atoms with van der Waals surface area (Å²) in [4.78, 5) is 31.1. The summed E-state index contributed by atoms with van der Waals surface area (Å²) >= 11 is 0. The number of amides is 1. The fourth-order valence-electron chi connectivity index (χ4n) is 4.72. The lowest BCUT2D eigenvalue weighted by atomic mass is 9.95. The van der Waals surface area contributed by atoms with Crippen molar-refractivity contribution in [3.8, 4) is 0 Å². The van der Waals surface area contributed by atoms with Crippen LogP contribution in [0.1, 0.15) is 38.5 Å².